The summed E-state index contributed by atoms with van der Waals surface area (Å²) in [6.45, 7) is 11.2. The number of hydrogen-bond acceptors (Lipinski definition) is 3. The molecule has 0 aliphatic rings. The minimum atomic E-state index is -0.298. The standard InChI is InChI=1S/C26H33N3O2/c1-25(2,3)18-26(4,5)20-11-13-21(14-12-20)31-17-24(30)28-27-15-19-16-29(6)23-10-8-7-9-22(19)23/h7-16H,17-18H2,1-6H3,(H,28,30). The molecule has 0 unspecified atom stereocenters. The topological polar surface area (TPSA) is 55.6 Å². The van der Waals surface area contributed by atoms with Crippen molar-refractivity contribution in [3.8, 4) is 5.75 Å². The second-order valence-electron chi connectivity index (χ2n) is 9.94. The second-order valence-corrected chi connectivity index (χ2v) is 9.94. The van der Waals surface area contributed by atoms with Crippen LogP contribution in [0.25, 0.3) is 10.9 Å². The average molecular weight is 420 g/mol. The van der Waals surface area contributed by atoms with E-state index in [1.165, 1.54) is 5.56 Å². The van der Waals surface area contributed by atoms with Gasteiger partial charge in [-0.25, -0.2) is 5.43 Å². The van der Waals surface area contributed by atoms with Crippen LogP contribution in [-0.4, -0.2) is 23.3 Å². The molecule has 0 bridgehead atoms. The van der Waals surface area contributed by atoms with E-state index in [4.69, 9.17) is 4.74 Å². The SMILES string of the molecule is Cn1cc(C=NNC(=O)COc2ccc(C(C)(C)CC(C)(C)C)cc2)c2ccccc21. The number of aromatic nitrogens is 1. The zero-order valence-corrected chi connectivity index (χ0v) is 19.4. The molecule has 164 valence electrons. The Hall–Kier alpha value is -3.08. The van der Waals surface area contributed by atoms with Crippen LogP contribution < -0.4 is 10.2 Å². The molecule has 2 aromatic carbocycles. The zero-order valence-electron chi connectivity index (χ0n) is 19.4. The first-order chi connectivity index (χ1) is 14.5. The fourth-order valence-electron chi connectivity index (χ4n) is 4.26. The van der Waals surface area contributed by atoms with Crippen molar-refractivity contribution in [1.29, 1.82) is 0 Å². The van der Waals surface area contributed by atoms with Gasteiger partial charge in [0.1, 0.15) is 5.75 Å². The monoisotopic (exact) mass is 419 g/mol. The number of nitrogens with zero attached hydrogens (tertiary/aromatic N) is 2. The van der Waals surface area contributed by atoms with E-state index in [0.717, 1.165) is 22.9 Å². The number of hydrogen-bond donors (Lipinski definition) is 1. The molecule has 5 heteroatoms. The van der Waals surface area contributed by atoms with Crippen molar-refractivity contribution in [3.63, 3.8) is 0 Å². The Morgan fingerprint density at radius 3 is 2.42 bits per heavy atom. The third kappa shape index (κ3) is 5.97. The number of para-hydroxylation sites is 1. The largest absolute Gasteiger partial charge is 0.484 e. The number of aryl methyl sites for hydroxylation is 1. The van der Waals surface area contributed by atoms with E-state index in [0.29, 0.717) is 5.75 Å². The number of benzene rings is 2. The van der Waals surface area contributed by atoms with Crippen LogP contribution in [0.1, 0.15) is 52.2 Å². The van der Waals surface area contributed by atoms with Gasteiger partial charge in [0, 0.05) is 29.7 Å². The van der Waals surface area contributed by atoms with Crippen LogP contribution in [0.4, 0.5) is 0 Å². The molecule has 0 fully saturated rings. The number of fused-ring (bicyclic) bond motifs is 1. The highest BCUT2D eigenvalue weighted by Gasteiger charge is 2.27. The lowest BCUT2D eigenvalue weighted by atomic mass is 9.72. The number of carbonyl (C=O) groups is 1. The van der Waals surface area contributed by atoms with Gasteiger partial charge < -0.3 is 9.30 Å². The van der Waals surface area contributed by atoms with Crippen molar-refractivity contribution in [2.75, 3.05) is 6.61 Å². The summed E-state index contributed by atoms with van der Waals surface area (Å²) in [5.74, 6) is 0.372. The summed E-state index contributed by atoms with van der Waals surface area (Å²) in [6, 6.07) is 16.1. The fourth-order valence-corrected chi connectivity index (χ4v) is 4.26. The molecule has 3 aromatic rings. The number of nitrogens with one attached hydrogen (secondary N) is 1. The van der Waals surface area contributed by atoms with Gasteiger partial charge in [-0.05, 0) is 41.0 Å². The highest BCUT2D eigenvalue weighted by molar-refractivity contribution is 5.99. The molecular formula is C26H33N3O2. The van der Waals surface area contributed by atoms with E-state index in [1.54, 1.807) is 6.21 Å². The molecule has 1 N–H and O–H groups in total. The van der Waals surface area contributed by atoms with Crippen LogP contribution in [0.2, 0.25) is 0 Å². The lowest BCUT2D eigenvalue weighted by molar-refractivity contribution is -0.123. The van der Waals surface area contributed by atoms with E-state index in [-0.39, 0.29) is 23.3 Å². The second kappa shape index (κ2) is 8.96. The van der Waals surface area contributed by atoms with Crippen LogP contribution in [0, 0.1) is 5.41 Å². The van der Waals surface area contributed by atoms with Gasteiger partial charge in [-0.3, -0.25) is 4.79 Å². The van der Waals surface area contributed by atoms with E-state index < -0.39 is 0 Å². The van der Waals surface area contributed by atoms with Gasteiger partial charge in [0.15, 0.2) is 6.61 Å². The summed E-state index contributed by atoms with van der Waals surface area (Å²) in [6.07, 6.45) is 4.73. The van der Waals surface area contributed by atoms with Crippen molar-refractivity contribution in [3.05, 3.63) is 65.9 Å². The third-order valence-corrected chi connectivity index (χ3v) is 5.30. The first-order valence-electron chi connectivity index (χ1n) is 10.6. The molecule has 0 radical (unpaired) electrons. The third-order valence-electron chi connectivity index (χ3n) is 5.30. The smallest absolute Gasteiger partial charge is 0.277 e. The summed E-state index contributed by atoms with van der Waals surface area (Å²) in [4.78, 5) is 12.1. The van der Waals surface area contributed by atoms with Gasteiger partial charge in [0.2, 0.25) is 0 Å². The molecule has 0 aliphatic heterocycles. The lowest BCUT2D eigenvalue weighted by Crippen LogP contribution is -2.25. The Balaban J connectivity index is 1.53. The van der Waals surface area contributed by atoms with E-state index in [2.05, 4.69) is 63.3 Å². The van der Waals surface area contributed by atoms with Crippen molar-refractivity contribution in [2.45, 2.75) is 46.5 Å². The van der Waals surface area contributed by atoms with Gasteiger partial charge in [0.05, 0.1) is 6.21 Å². The van der Waals surface area contributed by atoms with Crippen molar-refractivity contribution in [1.82, 2.24) is 9.99 Å². The Bertz CT molecular complexity index is 1070. The molecule has 0 spiro atoms. The molecule has 3 rings (SSSR count). The van der Waals surface area contributed by atoms with Crippen molar-refractivity contribution < 1.29 is 9.53 Å². The van der Waals surface area contributed by atoms with Gasteiger partial charge in [0.25, 0.3) is 5.91 Å². The van der Waals surface area contributed by atoms with E-state index in [9.17, 15) is 4.79 Å². The minimum absolute atomic E-state index is 0.0739. The molecular weight excluding hydrogens is 386 g/mol. The maximum atomic E-state index is 12.1. The minimum Gasteiger partial charge on any atom is -0.484 e. The normalized spacial score (nSPS) is 12.5. The Morgan fingerprint density at radius 2 is 1.74 bits per heavy atom. The van der Waals surface area contributed by atoms with E-state index in [1.807, 2.05) is 48.1 Å². The fraction of sp³-hybridized carbons (Fsp3) is 0.385. The van der Waals surface area contributed by atoms with Crippen molar-refractivity contribution >= 4 is 23.0 Å². The number of amides is 1. The summed E-state index contributed by atoms with van der Waals surface area (Å²) < 4.78 is 7.66. The van der Waals surface area contributed by atoms with Crippen LogP contribution in [0.5, 0.6) is 5.75 Å². The van der Waals surface area contributed by atoms with E-state index >= 15 is 0 Å². The quantitative estimate of drug-likeness (QED) is 0.411. The van der Waals surface area contributed by atoms with Gasteiger partial charge in [-0.15, -0.1) is 0 Å². The molecule has 0 aliphatic carbocycles. The Labute approximate surface area is 185 Å². The average Bonchev–Trinajstić information content (AvgIpc) is 3.01. The maximum absolute atomic E-state index is 12.1. The number of carbonyl (C=O) groups excluding carboxylic acids is 1. The maximum Gasteiger partial charge on any atom is 0.277 e. The molecule has 0 saturated heterocycles. The summed E-state index contributed by atoms with van der Waals surface area (Å²) in [5.41, 5.74) is 6.19. The Kier molecular flexibility index (Phi) is 6.54. The summed E-state index contributed by atoms with van der Waals surface area (Å²) in [5, 5.41) is 5.17. The molecule has 0 saturated carbocycles. The summed E-state index contributed by atoms with van der Waals surface area (Å²) >= 11 is 0. The van der Waals surface area contributed by atoms with Gasteiger partial charge in [-0.1, -0.05) is 65.0 Å². The Morgan fingerprint density at radius 1 is 1.06 bits per heavy atom. The molecule has 0 atom stereocenters. The number of hydrazone groups is 1. The molecule has 31 heavy (non-hydrogen) atoms. The molecule has 1 aromatic heterocycles. The predicted molar refractivity (Wildman–Crippen MR) is 128 cm³/mol. The van der Waals surface area contributed by atoms with Gasteiger partial charge in [-0.2, -0.15) is 5.10 Å². The van der Waals surface area contributed by atoms with Gasteiger partial charge >= 0.3 is 0 Å². The summed E-state index contributed by atoms with van der Waals surface area (Å²) in [7, 11) is 1.99. The highest BCUT2D eigenvalue weighted by atomic mass is 16.5. The molecule has 5 nitrogen and oxygen atoms in total. The molecule has 1 amide bonds. The van der Waals surface area contributed by atoms with Crippen LogP contribution >= 0.6 is 0 Å². The first-order valence-corrected chi connectivity index (χ1v) is 10.6. The van der Waals surface area contributed by atoms with Crippen LogP contribution in [-0.2, 0) is 17.3 Å². The van der Waals surface area contributed by atoms with Crippen molar-refractivity contribution in [2.24, 2.45) is 17.6 Å². The predicted octanol–water partition coefficient (Wildman–Crippen LogP) is 5.42. The lowest BCUT2D eigenvalue weighted by Gasteiger charge is -2.33. The van der Waals surface area contributed by atoms with Crippen LogP contribution in [0.3, 0.4) is 0 Å². The van der Waals surface area contributed by atoms with Crippen LogP contribution in [0.15, 0.2) is 59.8 Å². The molecule has 1 heterocycles. The number of ether oxygens (including phenoxy) is 1. The zero-order chi connectivity index (χ0) is 22.6. The highest BCUT2D eigenvalue weighted by Crippen LogP contribution is 2.36. The number of rotatable bonds is 7. The first kappa shape index (κ1) is 22.6.